The lowest BCUT2D eigenvalue weighted by atomic mass is 9.76. The Bertz CT molecular complexity index is 2190. The Morgan fingerprint density at radius 1 is 0.700 bits per heavy atom. The predicted octanol–water partition coefficient (Wildman–Crippen LogP) is 8.17. The smallest absolute Gasteiger partial charge is 0.339 e. The van der Waals surface area contributed by atoms with Crippen molar-refractivity contribution in [1.82, 2.24) is 4.90 Å². The fourth-order valence-electron chi connectivity index (χ4n) is 7.64. The normalized spacial score (nSPS) is 12.7. The molecule has 6 aromatic carbocycles. The number of nitrogens with zero attached hydrogens (tertiary/aromatic N) is 2. The Morgan fingerprint density at radius 2 is 1.24 bits per heavy atom. The third-order valence-electron chi connectivity index (χ3n) is 9.86. The monoisotopic (exact) mass is 666 g/mol. The van der Waals surface area contributed by atoms with Gasteiger partial charge in [-0.2, -0.15) is 0 Å². The molecule has 0 radical (unpaired) electrons. The summed E-state index contributed by atoms with van der Waals surface area (Å²) in [5.41, 5.74) is 5.04. The van der Waals surface area contributed by atoms with Crippen molar-refractivity contribution in [3.05, 3.63) is 142 Å². The minimum absolute atomic E-state index is 0.276. The highest BCUT2D eigenvalue weighted by molar-refractivity contribution is 6.03. The first-order valence-corrected chi connectivity index (χ1v) is 16.7. The molecule has 6 aromatic rings. The molecular formula is C42H38N2O6. The van der Waals surface area contributed by atoms with E-state index in [4.69, 9.17) is 0 Å². The maximum absolute atomic E-state index is 12.6. The van der Waals surface area contributed by atoms with E-state index in [1.807, 2.05) is 48.5 Å². The number of para-hydroxylation sites is 1. The number of carbonyl (C=O) groups is 2. The molecule has 1 aliphatic rings. The van der Waals surface area contributed by atoms with E-state index in [9.17, 15) is 30.0 Å². The summed E-state index contributed by atoms with van der Waals surface area (Å²) in [7, 11) is 4.11. The van der Waals surface area contributed by atoms with Crippen LogP contribution in [0.2, 0.25) is 0 Å². The summed E-state index contributed by atoms with van der Waals surface area (Å²) in [6.45, 7) is 1.63. The standard InChI is InChI=1S/C42H38N2O6/c1-43(2)21-10-22-44-34-17-8-5-11-25(34)19-20-30-31(16-9-18-35(30)44)36(37-28-14-6-3-12-26(28)23-32(39(37)45)41(47)48)38-29-15-7-4-13-27(29)24-33(40(38)46)42(49)50/h3-9,11-18,23-24,36,45-46H,10,19-22H2,1-2H3,(H,47,48)(H,49,50). The van der Waals surface area contributed by atoms with Crippen molar-refractivity contribution in [2.24, 2.45) is 0 Å². The molecule has 0 saturated carbocycles. The van der Waals surface area contributed by atoms with Gasteiger partial charge in [-0.05, 0) is 102 Å². The van der Waals surface area contributed by atoms with Crippen LogP contribution in [-0.2, 0) is 12.8 Å². The van der Waals surface area contributed by atoms with E-state index in [0.29, 0.717) is 28.0 Å². The van der Waals surface area contributed by atoms with Gasteiger partial charge < -0.3 is 30.2 Å². The van der Waals surface area contributed by atoms with Crippen LogP contribution in [0.15, 0.2) is 103 Å². The van der Waals surface area contributed by atoms with E-state index in [0.717, 1.165) is 48.4 Å². The summed E-state index contributed by atoms with van der Waals surface area (Å²) in [4.78, 5) is 29.8. The first-order valence-electron chi connectivity index (χ1n) is 16.7. The van der Waals surface area contributed by atoms with Gasteiger partial charge in [0.2, 0.25) is 0 Å². The summed E-state index contributed by atoms with van der Waals surface area (Å²) in [6.07, 6.45) is 2.24. The fraction of sp³-hybridized carbons (Fsp3) is 0.190. The molecule has 0 aliphatic carbocycles. The van der Waals surface area contributed by atoms with Crippen LogP contribution in [0.1, 0.15) is 60.9 Å². The summed E-state index contributed by atoms with van der Waals surface area (Å²) in [5, 5.41) is 47.0. The number of aryl methyl sites for hydroxylation is 1. The van der Waals surface area contributed by atoms with Crippen molar-refractivity contribution in [3.8, 4) is 11.5 Å². The van der Waals surface area contributed by atoms with Gasteiger partial charge in [0.1, 0.15) is 22.6 Å². The van der Waals surface area contributed by atoms with Crippen LogP contribution in [0.3, 0.4) is 0 Å². The lowest BCUT2D eigenvalue weighted by Crippen LogP contribution is -2.24. The second kappa shape index (κ2) is 13.2. The van der Waals surface area contributed by atoms with Crippen molar-refractivity contribution in [1.29, 1.82) is 0 Å². The molecule has 50 heavy (non-hydrogen) atoms. The maximum Gasteiger partial charge on any atom is 0.339 e. The van der Waals surface area contributed by atoms with Crippen molar-refractivity contribution < 1.29 is 30.0 Å². The predicted molar refractivity (Wildman–Crippen MR) is 197 cm³/mol. The zero-order valence-corrected chi connectivity index (χ0v) is 27.9. The lowest BCUT2D eigenvalue weighted by Gasteiger charge is -2.31. The van der Waals surface area contributed by atoms with E-state index < -0.39 is 29.4 Å². The van der Waals surface area contributed by atoms with Gasteiger partial charge in [0.25, 0.3) is 0 Å². The minimum atomic E-state index is -1.30. The summed E-state index contributed by atoms with van der Waals surface area (Å²) < 4.78 is 0. The number of aromatic hydroxyl groups is 2. The molecule has 0 aromatic heterocycles. The number of benzene rings is 6. The van der Waals surface area contributed by atoms with Crippen molar-refractivity contribution in [3.63, 3.8) is 0 Å². The molecule has 0 saturated heterocycles. The summed E-state index contributed by atoms with van der Waals surface area (Å²) >= 11 is 0. The fourth-order valence-corrected chi connectivity index (χ4v) is 7.64. The quantitative estimate of drug-likeness (QED) is 0.114. The Kier molecular flexibility index (Phi) is 8.64. The van der Waals surface area contributed by atoms with Crippen molar-refractivity contribution >= 4 is 44.9 Å². The van der Waals surface area contributed by atoms with Gasteiger partial charge in [-0.25, -0.2) is 9.59 Å². The minimum Gasteiger partial charge on any atom is -0.507 e. The van der Waals surface area contributed by atoms with Gasteiger partial charge in [0.15, 0.2) is 0 Å². The Hall–Kier alpha value is -5.86. The van der Waals surface area contributed by atoms with Gasteiger partial charge >= 0.3 is 11.9 Å². The van der Waals surface area contributed by atoms with Crippen LogP contribution in [0, 0.1) is 0 Å². The zero-order valence-electron chi connectivity index (χ0n) is 27.9. The lowest BCUT2D eigenvalue weighted by molar-refractivity contribution is 0.0682. The number of phenols is 2. The molecule has 0 bridgehead atoms. The number of fused-ring (bicyclic) bond motifs is 4. The number of hydrogen-bond donors (Lipinski definition) is 4. The molecule has 0 fully saturated rings. The Balaban J connectivity index is 1.60. The van der Waals surface area contributed by atoms with Crippen LogP contribution in [0.4, 0.5) is 11.4 Å². The third kappa shape index (κ3) is 5.67. The number of carboxylic acid groups (broad SMARTS) is 2. The zero-order chi connectivity index (χ0) is 35.1. The van der Waals surface area contributed by atoms with Crippen molar-refractivity contribution in [2.45, 2.75) is 25.2 Å². The Labute approximate surface area is 290 Å². The molecular weight excluding hydrogens is 628 g/mol. The average molecular weight is 667 g/mol. The van der Waals surface area contributed by atoms with Gasteiger partial charge in [0.05, 0.1) is 0 Å². The second-order valence-corrected chi connectivity index (χ2v) is 13.1. The number of anilines is 2. The van der Waals surface area contributed by atoms with E-state index >= 15 is 0 Å². The maximum atomic E-state index is 12.6. The van der Waals surface area contributed by atoms with Crippen molar-refractivity contribution in [2.75, 3.05) is 32.1 Å². The molecule has 0 spiro atoms. The van der Waals surface area contributed by atoms with Gasteiger partial charge in [-0.15, -0.1) is 0 Å². The van der Waals surface area contributed by atoms with E-state index in [-0.39, 0.29) is 22.3 Å². The molecule has 8 heteroatoms. The molecule has 1 aliphatic heterocycles. The topological polar surface area (TPSA) is 122 Å². The molecule has 0 amide bonds. The third-order valence-corrected chi connectivity index (χ3v) is 9.86. The van der Waals surface area contributed by atoms with Gasteiger partial charge in [0, 0.05) is 35.0 Å². The molecule has 0 atom stereocenters. The van der Waals surface area contributed by atoms with Crippen LogP contribution in [-0.4, -0.2) is 64.4 Å². The summed E-state index contributed by atoms with van der Waals surface area (Å²) in [6, 6.07) is 31.8. The first kappa shape index (κ1) is 32.7. The van der Waals surface area contributed by atoms with E-state index in [1.54, 1.807) is 24.3 Å². The first-order chi connectivity index (χ1) is 24.2. The second-order valence-electron chi connectivity index (χ2n) is 13.1. The summed E-state index contributed by atoms with van der Waals surface area (Å²) in [5.74, 6) is -4.40. The molecule has 7 rings (SSSR count). The largest absolute Gasteiger partial charge is 0.507 e. The molecule has 4 N–H and O–H groups in total. The van der Waals surface area contributed by atoms with E-state index in [2.05, 4.69) is 42.1 Å². The molecule has 252 valence electrons. The van der Waals surface area contributed by atoms with Gasteiger partial charge in [-0.3, -0.25) is 0 Å². The SMILES string of the molecule is CN(C)CCCN1c2ccccc2CCc2c(C(c3c(O)c(C(=O)O)cc4ccccc34)c3c(O)c(C(=O)O)cc4ccccc34)cccc21. The van der Waals surface area contributed by atoms with Crippen LogP contribution in [0.5, 0.6) is 11.5 Å². The van der Waals surface area contributed by atoms with Crippen LogP contribution in [0.25, 0.3) is 21.5 Å². The highest BCUT2D eigenvalue weighted by Crippen LogP contribution is 2.51. The Morgan fingerprint density at radius 3 is 1.82 bits per heavy atom. The van der Waals surface area contributed by atoms with Crippen LogP contribution >= 0.6 is 0 Å². The molecule has 0 unspecified atom stereocenters. The number of aromatic carboxylic acids is 2. The molecule has 1 heterocycles. The average Bonchev–Trinajstić information content (AvgIpc) is 3.26. The number of rotatable bonds is 9. The van der Waals surface area contributed by atoms with E-state index in [1.165, 1.54) is 17.7 Å². The highest BCUT2D eigenvalue weighted by atomic mass is 16.4. The molecule has 8 nitrogen and oxygen atoms in total. The number of hydrogen-bond acceptors (Lipinski definition) is 6. The highest BCUT2D eigenvalue weighted by Gasteiger charge is 2.34. The number of carboxylic acids is 2. The van der Waals surface area contributed by atoms with Crippen LogP contribution < -0.4 is 4.90 Å². The van der Waals surface area contributed by atoms with Gasteiger partial charge in [-0.1, -0.05) is 78.9 Å².